The van der Waals surface area contributed by atoms with Gasteiger partial charge in [-0.3, -0.25) is 4.98 Å². The molecule has 1 aromatic heterocycles. The lowest BCUT2D eigenvalue weighted by Gasteiger charge is -2.08. The van der Waals surface area contributed by atoms with E-state index in [1.807, 2.05) is 6.92 Å². The molecule has 1 heterocycles. The van der Waals surface area contributed by atoms with E-state index in [0.29, 0.717) is 12.8 Å². The van der Waals surface area contributed by atoms with Gasteiger partial charge in [0.25, 0.3) is 0 Å². The third-order valence-electron chi connectivity index (χ3n) is 1.66. The van der Waals surface area contributed by atoms with E-state index in [1.54, 1.807) is 25.4 Å². The number of nitrogens with zero attached hydrogens (tertiary/aromatic N) is 1. The highest BCUT2D eigenvalue weighted by atomic mass is 31.2. The van der Waals surface area contributed by atoms with Crippen molar-refractivity contribution in [2.45, 2.75) is 13.5 Å². The molecule has 0 radical (unpaired) electrons. The zero-order valence-corrected chi connectivity index (χ0v) is 9.20. The van der Waals surface area contributed by atoms with Crippen LogP contribution in [0.5, 0.6) is 5.75 Å². The lowest BCUT2D eigenvalue weighted by Crippen LogP contribution is -1.94. The van der Waals surface area contributed by atoms with Gasteiger partial charge in [0, 0.05) is 18.4 Å². The molecule has 14 heavy (non-hydrogen) atoms. The molecular formula is C9H14NO3P. The second-order valence-corrected chi connectivity index (χ2v) is 4.22. The van der Waals surface area contributed by atoms with Gasteiger partial charge < -0.3 is 14.2 Å². The van der Waals surface area contributed by atoms with Crippen molar-refractivity contribution in [2.24, 2.45) is 0 Å². The molecule has 0 amide bonds. The highest BCUT2D eigenvalue weighted by molar-refractivity contribution is 7.46. The summed E-state index contributed by atoms with van der Waals surface area (Å²) in [6.07, 6.45) is 2.29. The molecule has 0 fully saturated rings. The second-order valence-electron chi connectivity index (χ2n) is 2.63. The van der Waals surface area contributed by atoms with Crippen LogP contribution in [-0.2, 0) is 11.1 Å². The zero-order valence-electron chi connectivity index (χ0n) is 8.30. The SMILES string of the molecule is CCP(O)OCc1cc(OC)ccn1. The third-order valence-corrected chi connectivity index (χ3v) is 2.62. The predicted octanol–water partition coefficient (Wildman–Crippen LogP) is 1.93. The van der Waals surface area contributed by atoms with E-state index in [-0.39, 0.29) is 0 Å². The van der Waals surface area contributed by atoms with Crippen LogP contribution in [-0.4, -0.2) is 23.1 Å². The molecule has 0 aliphatic heterocycles. The molecule has 0 bridgehead atoms. The summed E-state index contributed by atoms with van der Waals surface area (Å²) in [6.45, 7) is 2.21. The Labute approximate surface area is 84.8 Å². The minimum Gasteiger partial charge on any atom is -0.497 e. The van der Waals surface area contributed by atoms with Gasteiger partial charge in [0.15, 0.2) is 8.38 Å². The Kier molecular flexibility index (Phi) is 4.80. The van der Waals surface area contributed by atoms with Crippen molar-refractivity contribution in [1.82, 2.24) is 4.98 Å². The fraction of sp³-hybridized carbons (Fsp3) is 0.444. The van der Waals surface area contributed by atoms with Crippen molar-refractivity contribution in [3.05, 3.63) is 24.0 Å². The Hall–Kier alpha value is -0.700. The predicted molar refractivity (Wildman–Crippen MR) is 55.3 cm³/mol. The number of aromatic nitrogens is 1. The average Bonchev–Trinajstić information content (AvgIpc) is 2.26. The average molecular weight is 215 g/mol. The third kappa shape index (κ3) is 3.58. The van der Waals surface area contributed by atoms with E-state index in [2.05, 4.69) is 4.98 Å². The van der Waals surface area contributed by atoms with E-state index in [9.17, 15) is 4.89 Å². The maximum atomic E-state index is 9.23. The highest BCUT2D eigenvalue weighted by Gasteiger charge is 2.03. The molecular weight excluding hydrogens is 201 g/mol. The molecule has 78 valence electrons. The minimum atomic E-state index is -1.30. The number of hydrogen-bond acceptors (Lipinski definition) is 4. The molecule has 0 saturated heterocycles. The smallest absolute Gasteiger partial charge is 0.167 e. The topological polar surface area (TPSA) is 51.6 Å². The normalized spacial score (nSPS) is 12.5. The van der Waals surface area contributed by atoms with Gasteiger partial charge in [-0.15, -0.1) is 0 Å². The van der Waals surface area contributed by atoms with Crippen LogP contribution < -0.4 is 4.74 Å². The Morgan fingerprint density at radius 3 is 3.00 bits per heavy atom. The van der Waals surface area contributed by atoms with Crippen LogP contribution in [0.2, 0.25) is 0 Å². The van der Waals surface area contributed by atoms with Gasteiger partial charge in [-0.1, -0.05) is 6.92 Å². The fourth-order valence-electron chi connectivity index (χ4n) is 0.894. The van der Waals surface area contributed by atoms with E-state index in [0.717, 1.165) is 11.4 Å². The Bertz CT molecular complexity index is 283. The van der Waals surface area contributed by atoms with E-state index < -0.39 is 8.38 Å². The molecule has 0 aliphatic carbocycles. The molecule has 1 unspecified atom stereocenters. The molecule has 0 aromatic carbocycles. The minimum absolute atomic E-state index is 0.327. The quantitative estimate of drug-likeness (QED) is 0.762. The van der Waals surface area contributed by atoms with E-state index in [1.165, 1.54) is 0 Å². The Balaban J connectivity index is 2.50. The van der Waals surface area contributed by atoms with Gasteiger partial charge in [0.2, 0.25) is 0 Å². The van der Waals surface area contributed by atoms with E-state index in [4.69, 9.17) is 9.26 Å². The first-order chi connectivity index (χ1) is 6.76. The zero-order chi connectivity index (χ0) is 10.4. The molecule has 1 N–H and O–H groups in total. The van der Waals surface area contributed by atoms with Crippen LogP contribution in [0.15, 0.2) is 18.3 Å². The van der Waals surface area contributed by atoms with Crippen molar-refractivity contribution in [3.63, 3.8) is 0 Å². The van der Waals surface area contributed by atoms with E-state index >= 15 is 0 Å². The monoisotopic (exact) mass is 215 g/mol. The van der Waals surface area contributed by atoms with Gasteiger partial charge in [-0.2, -0.15) is 0 Å². The number of hydrogen-bond donors (Lipinski definition) is 1. The summed E-state index contributed by atoms with van der Waals surface area (Å²) in [6, 6.07) is 3.56. The first-order valence-electron chi connectivity index (χ1n) is 4.34. The first-order valence-corrected chi connectivity index (χ1v) is 5.74. The molecule has 4 nitrogen and oxygen atoms in total. The van der Waals surface area contributed by atoms with Crippen LogP contribution >= 0.6 is 8.38 Å². The largest absolute Gasteiger partial charge is 0.497 e. The maximum absolute atomic E-state index is 9.23. The molecule has 0 spiro atoms. The summed E-state index contributed by atoms with van der Waals surface area (Å²) >= 11 is 0. The van der Waals surface area contributed by atoms with Crippen LogP contribution in [0.25, 0.3) is 0 Å². The molecule has 5 heteroatoms. The van der Waals surface area contributed by atoms with Crippen LogP contribution in [0.3, 0.4) is 0 Å². The number of rotatable bonds is 5. The van der Waals surface area contributed by atoms with Gasteiger partial charge in [0.1, 0.15) is 5.75 Å². The molecule has 1 aromatic rings. The lowest BCUT2D eigenvalue weighted by atomic mass is 10.3. The Morgan fingerprint density at radius 1 is 1.57 bits per heavy atom. The standard InChI is InChI=1S/C9H14NO3P/c1-3-14(11)13-7-8-6-9(12-2)4-5-10-8/h4-6,11H,3,7H2,1-2H3. The number of methoxy groups -OCH3 is 1. The summed E-state index contributed by atoms with van der Waals surface area (Å²) in [5, 5.41) is 0. The van der Waals surface area contributed by atoms with Crippen LogP contribution in [0.4, 0.5) is 0 Å². The molecule has 0 saturated carbocycles. The van der Waals surface area contributed by atoms with Gasteiger partial charge in [-0.25, -0.2) is 0 Å². The summed E-state index contributed by atoms with van der Waals surface area (Å²) in [4.78, 5) is 13.3. The van der Waals surface area contributed by atoms with Gasteiger partial charge in [0.05, 0.1) is 19.4 Å². The van der Waals surface area contributed by atoms with Crippen molar-refractivity contribution < 1.29 is 14.2 Å². The number of pyridine rings is 1. The summed E-state index contributed by atoms with van der Waals surface area (Å²) in [5.74, 6) is 0.748. The van der Waals surface area contributed by atoms with Gasteiger partial charge >= 0.3 is 0 Å². The second kappa shape index (κ2) is 5.91. The summed E-state index contributed by atoms with van der Waals surface area (Å²) in [5.41, 5.74) is 0.763. The fourth-order valence-corrected chi connectivity index (χ4v) is 1.36. The molecule has 0 aliphatic rings. The lowest BCUT2D eigenvalue weighted by molar-refractivity contribution is 0.294. The molecule has 1 rings (SSSR count). The summed E-state index contributed by atoms with van der Waals surface area (Å²) in [7, 11) is 0.305. The highest BCUT2D eigenvalue weighted by Crippen LogP contribution is 2.31. The van der Waals surface area contributed by atoms with Crippen molar-refractivity contribution >= 4 is 8.38 Å². The van der Waals surface area contributed by atoms with Crippen molar-refractivity contribution in [2.75, 3.05) is 13.3 Å². The van der Waals surface area contributed by atoms with Crippen molar-refractivity contribution in [3.8, 4) is 5.75 Å². The first kappa shape index (κ1) is 11.4. The van der Waals surface area contributed by atoms with Gasteiger partial charge in [-0.05, 0) is 6.07 Å². The van der Waals surface area contributed by atoms with Crippen LogP contribution in [0.1, 0.15) is 12.6 Å². The molecule has 1 atom stereocenters. The Morgan fingerprint density at radius 2 is 2.36 bits per heavy atom. The number of ether oxygens (including phenoxy) is 1. The van der Waals surface area contributed by atoms with Crippen LogP contribution in [0, 0.1) is 0 Å². The summed E-state index contributed by atoms with van der Waals surface area (Å²) < 4.78 is 10.2. The van der Waals surface area contributed by atoms with Crippen molar-refractivity contribution in [1.29, 1.82) is 0 Å². The maximum Gasteiger partial charge on any atom is 0.167 e.